The summed E-state index contributed by atoms with van der Waals surface area (Å²) in [6, 6.07) is 8.17. The van der Waals surface area contributed by atoms with Gasteiger partial charge in [0, 0.05) is 32.5 Å². The van der Waals surface area contributed by atoms with Crippen LogP contribution in [-0.4, -0.2) is 39.2 Å². The van der Waals surface area contributed by atoms with Crippen LogP contribution < -0.4 is 5.56 Å². The topological polar surface area (TPSA) is 69.2 Å². The predicted octanol–water partition coefficient (Wildman–Crippen LogP) is 2.04. The van der Waals surface area contributed by atoms with E-state index in [9.17, 15) is 9.90 Å². The number of benzene rings is 1. The van der Waals surface area contributed by atoms with Crippen molar-refractivity contribution < 1.29 is 5.11 Å². The zero-order valence-corrected chi connectivity index (χ0v) is 15.2. The molecule has 0 aliphatic carbocycles. The van der Waals surface area contributed by atoms with Crippen LogP contribution in [0.4, 0.5) is 0 Å². The number of aromatic nitrogens is 2. The van der Waals surface area contributed by atoms with Gasteiger partial charge < -0.3 is 10.1 Å². The number of nitrogens with one attached hydrogen (secondary N) is 1. The fourth-order valence-corrected chi connectivity index (χ4v) is 3.24. The van der Waals surface area contributed by atoms with Gasteiger partial charge in [0.05, 0.1) is 17.4 Å². The van der Waals surface area contributed by atoms with E-state index < -0.39 is 0 Å². The Morgan fingerprint density at radius 2 is 2.08 bits per heavy atom. The van der Waals surface area contributed by atoms with Gasteiger partial charge in [-0.3, -0.25) is 9.69 Å². The average Bonchev–Trinajstić information content (AvgIpc) is 2.57. The van der Waals surface area contributed by atoms with Gasteiger partial charge in [-0.25, -0.2) is 4.98 Å². The maximum Gasteiger partial charge on any atom is 0.255 e. The first-order chi connectivity index (χ1) is 11.9. The smallest absolute Gasteiger partial charge is 0.255 e. The molecule has 0 spiro atoms. The van der Waals surface area contributed by atoms with Gasteiger partial charge in [0.15, 0.2) is 0 Å². The quantitative estimate of drug-likeness (QED) is 0.873. The van der Waals surface area contributed by atoms with Crippen LogP contribution in [-0.2, 0) is 19.4 Å². The Balaban J connectivity index is 1.78. The SMILES string of the molecule is Cc1ccccc1Cc1nc2c(c(=O)[nH]1)CN(C[C@H](O)C(C)C)CC2. The molecule has 1 aliphatic heterocycles. The molecule has 2 aromatic rings. The molecular weight excluding hydrogens is 314 g/mol. The van der Waals surface area contributed by atoms with Gasteiger partial charge in [0.1, 0.15) is 5.82 Å². The molecule has 5 heteroatoms. The molecule has 134 valence electrons. The Morgan fingerprint density at radius 3 is 2.80 bits per heavy atom. The van der Waals surface area contributed by atoms with Gasteiger partial charge in [0.25, 0.3) is 5.56 Å². The number of β-amino-alcohol motifs (C(OH)–C–C–N with tert-alkyl or cyclic N) is 1. The Kier molecular flexibility index (Phi) is 5.35. The monoisotopic (exact) mass is 341 g/mol. The molecule has 2 N–H and O–H groups in total. The van der Waals surface area contributed by atoms with Crippen LogP contribution in [0.25, 0.3) is 0 Å². The molecule has 1 aromatic carbocycles. The number of rotatable bonds is 5. The number of aliphatic hydroxyl groups is 1. The van der Waals surface area contributed by atoms with Crippen LogP contribution in [0.3, 0.4) is 0 Å². The molecule has 0 fully saturated rings. The fourth-order valence-electron chi connectivity index (χ4n) is 3.24. The molecule has 0 saturated heterocycles. The van der Waals surface area contributed by atoms with Crippen LogP contribution in [0.2, 0.25) is 0 Å². The molecule has 0 unspecified atom stereocenters. The molecule has 25 heavy (non-hydrogen) atoms. The van der Waals surface area contributed by atoms with Gasteiger partial charge in [0.2, 0.25) is 0 Å². The molecule has 1 aromatic heterocycles. The van der Waals surface area contributed by atoms with Gasteiger partial charge in [-0.05, 0) is 24.0 Å². The number of aliphatic hydroxyl groups excluding tert-OH is 1. The third-order valence-electron chi connectivity index (χ3n) is 5.03. The number of aromatic amines is 1. The van der Waals surface area contributed by atoms with Crippen molar-refractivity contribution in [1.82, 2.24) is 14.9 Å². The summed E-state index contributed by atoms with van der Waals surface area (Å²) in [5.74, 6) is 0.947. The highest BCUT2D eigenvalue weighted by Crippen LogP contribution is 2.17. The summed E-state index contributed by atoms with van der Waals surface area (Å²) in [5, 5.41) is 10.1. The first kappa shape index (κ1) is 17.8. The van der Waals surface area contributed by atoms with Crippen molar-refractivity contribution in [2.24, 2.45) is 5.92 Å². The van der Waals surface area contributed by atoms with E-state index >= 15 is 0 Å². The highest BCUT2D eigenvalue weighted by atomic mass is 16.3. The lowest BCUT2D eigenvalue weighted by molar-refractivity contribution is 0.0704. The van der Waals surface area contributed by atoms with Crippen molar-refractivity contribution in [3.63, 3.8) is 0 Å². The number of aryl methyl sites for hydroxylation is 1. The molecule has 0 bridgehead atoms. The zero-order chi connectivity index (χ0) is 18.0. The van der Waals surface area contributed by atoms with E-state index in [1.807, 2.05) is 26.0 Å². The lowest BCUT2D eigenvalue weighted by atomic mass is 10.0. The standard InChI is InChI=1S/C20H27N3O2/c1-13(2)18(24)12-23-9-8-17-16(11-23)20(25)22-19(21-17)10-15-7-5-4-6-14(15)3/h4-7,13,18,24H,8-12H2,1-3H3,(H,21,22,25)/t18-/m0/s1. The van der Waals surface area contributed by atoms with Gasteiger partial charge >= 0.3 is 0 Å². The van der Waals surface area contributed by atoms with Crippen LogP contribution in [0.15, 0.2) is 29.1 Å². The normalized spacial score (nSPS) is 16.0. The van der Waals surface area contributed by atoms with E-state index in [0.717, 1.165) is 30.0 Å². The fraction of sp³-hybridized carbons (Fsp3) is 0.500. The Labute approximate surface area is 148 Å². The van der Waals surface area contributed by atoms with Gasteiger partial charge in [-0.2, -0.15) is 0 Å². The summed E-state index contributed by atoms with van der Waals surface area (Å²) in [7, 11) is 0. The second-order valence-electron chi connectivity index (χ2n) is 7.34. The molecule has 0 amide bonds. The molecule has 5 nitrogen and oxygen atoms in total. The van der Waals surface area contributed by atoms with Crippen molar-refractivity contribution in [3.8, 4) is 0 Å². The van der Waals surface area contributed by atoms with Crippen LogP contribution in [0.5, 0.6) is 0 Å². The van der Waals surface area contributed by atoms with E-state index in [1.165, 1.54) is 11.1 Å². The van der Waals surface area contributed by atoms with Crippen LogP contribution in [0.1, 0.15) is 42.1 Å². The van der Waals surface area contributed by atoms with Gasteiger partial charge in [-0.15, -0.1) is 0 Å². The summed E-state index contributed by atoms with van der Waals surface area (Å²) in [5.41, 5.74) is 4.00. The summed E-state index contributed by atoms with van der Waals surface area (Å²) >= 11 is 0. The minimum absolute atomic E-state index is 0.0441. The molecule has 0 saturated carbocycles. The maximum atomic E-state index is 12.5. The number of nitrogens with zero attached hydrogens (tertiary/aromatic N) is 2. The van der Waals surface area contributed by atoms with E-state index in [2.05, 4.69) is 28.9 Å². The third kappa shape index (κ3) is 4.17. The average molecular weight is 341 g/mol. The second-order valence-corrected chi connectivity index (χ2v) is 7.34. The number of hydrogen-bond acceptors (Lipinski definition) is 4. The van der Waals surface area contributed by atoms with Crippen LogP contribution >= 0.6 is 0 Å². The molecular formula is C20H27N3O2. The summed E-state index contributed by atoms with van der Waals surface area (Å²) in [6.45, 7) is 8.08. The maximum absolute atomic E-state index is 12.5. The molecule has 1 aliphatic rings. The van der Waals surface area contributed by atoms with E-state index in [-0.39, 0.29) is 17.6 Å². The first-order valence-corrected chi connectivity index (χ1v) is 9.00. The van der Waals surface area contributed by atoms with Crippen molar-refractivity contribution in [2.45, 2.75) is 46.3 Å². The number of fused-ring (bicyclic) bond motifs is 1. The summed E-state index contributed by atoms with van der Waals surface area (Å²) in [6.07, 6.45) is 1.03. The Hall–Kier alpha value is -1.98. The van der Waals surface area contributed by atoms with E-state index in [4.69, 9.17) is 4.98 Å². The summed E-state index contributed by atoms with van der Waals surface area (Å²) in [4.78, 5) is 22.4. The molecule has 2 heterocycles. The highest BCUT2D eigenvalue weighted by molar-refractivity contribution is 5.29. The highest BCUT2D eigenvalue weighted by Gasteiger charge is 2.23. The number of H-pyrrole nitrogens is 1. The number of hydrogen-bond donors (Lipinski definition) is 2. The second kappa shape index (κ2) is 7.50. The lowest BCUT2D eigenvalue weighted by Crippen LogP contribution is -2.41. The Morgan fingerprint density at radius 1 is 1.32 bits per heavy atom. The van der Waals surface area contributed by atoms with E-state index in [1.54, 1.807) is 0 Å². The lowest BCUT2D eigenvalue weighted by Gasteiger charge is -2.30. The van der Waals surface area contributed by atoms with Crippen LogP contribution in [0, 0.1) is 12.8 Å². The Bertz CT molecular complexity index is 798. The largest absolute Gasteiger partial charge is 0.392 e. The molecule has 1 atom stereocenters. The van der Waals surface area contributed by atoms with Crippen molar-refractivity contribution in [2.75, 3.05) is 13.1 Å². The predicted molar refractivity (Wildman–Crippen MR) is 98.7 cm³/mol. The van der Waals surface area contributed by atoms with E-state index in [0.29, 0.717) is 19.5 Å². The van der Waals surface area contributed by atoms with Crippen molar-refractivity contribution in [3.05, 3.63) is 62.8 Å². The third-order valence-corrected chi connectivity index (χ3v) is 5.03. The minimum atomic E-state index is -0.367. The van der Waals surface area contributed by atoms with Crippen molar-refractivity contribution >= 4 is 0 Å². The minimum Gasteiger partial charge on any atom is -0.392 e. The molecule has 3 rings (SSSR count). The first-order valence-electron chi connectivity index (χ1n) is 9.00. The zero-order valence-electron chi connectivity index (χ0n) is 15.2. The molecule has 0 radical (unpaired) electrons. The summed E-state index contributed by atoms with van der Waals surface area (Å²) < 4.78 is 0. The van der Waals surface area contributed by atoms with Gasteiger partial charge in [-0.1, -0.05) is 38.1 Å². The van der Waals surface area contributed by atoms with Crippen molar-refractivity contribution in [1.29, 1.82) is 0 Å².